The minimum Gasteiger partial charge on any atom is -0.370 e. The number of nitrogens with zero attached hydrogens (tertiary/aromatic N) is 2. The standard InChI is InChI=1S/C15H15ClF3N3O3/c16-11-3-1-10(2-4-11)14-21-13(25-22-14)6-5-12(23)20-7-8-24-9-15(17,18)19/h1-4H,5-9H2,(H,20,23). The van der Waals surface area contributed by atoms with Crippen LogP contribution in [0.3, 0.4) is 0 Å². The van der Waals surface area contributed by atoms with Crippen molar-refractivity contribution < 1.29 is 27.2 Å². The molecule has 6 nitrogen and oxygen atoms in total. The molecular weight excluding hydrogens is 363 g/mol. The molecule has 0 saturated carbocycles. The van der Waals surface area contributed by atoms with Crippen LogP contribution in [0.25, 0.3) is 11.4 Å². The van der Waals surface area contributed by atoms with Crippen LogP contribution in [-0.2, 0) is 16.0 Å². The predicted octanol–water partition coefficient (Wildman–Crippen LogP) is 3.02. The lowest BCUT2D eigenvalue weighted by atomic mass is 10.2. The van der Waals surface area contributed by atoms with Crippen molar-refractivity contribution in [1.82, 2.24) is 15.5 Å². The maximum absolute atomic E-state index is 11.9. The van der Waals surface area contributed by atoms with Gasteiger partial charge in [-0.15, -0.1) is 0 Å². The maximum Gasteiger partial charge on any atom is 0.411 e. The van der Waals surface area contributed by atoms with Crippen LogP contribution >= 0.6 is 11.6 Å². The lowest BCUT2D eigenvalue weighted by Crippen LogP contribution is -2.29. The first-order valence-electron chi connectivity index (χ1n) is 7.33. The van der Waals surface area contributed by atoms with E-state index < -0.39 is 12.8 Å². The number of hydrogen-bond acceptors (Lipinski definition) is 5. The fourth-order valence-corrected chi connectivity index (χ4v) is 1.96. The highest BCUT2D eigenvalue weighted by Gasteiger charge is 2.27. The number of halogens is 4. The van der Waals surface area contributed by atoms with Gasteiger partial charge in [-0.3, -0.25) is 4.79 Å². The fraction of sp³-hybridized carbons (Fsp3) is 0.400. The molecule has 2 rings (SSSR count). The molecule has 0 saturated heterocycles. The molecule has 1 aromatic heterocycles. The van der Waals surface area contributed by atoms with Gasteiger partial charge in [0, 0.05) is 30.0 Å². The van der Waals surface area contributed by atoms with Crippen LogP contribution in [0, 0.1) is 0 Å². The quantitative estimate of drug-likeness (QED) is 0.715. The Kier molecular flexibility index (Phi) is 6.77. The highest BCUT2D eigenvalue weighted by atomic mass is 35.5. The van der Waals surface area contributed by atoms with E-state index in [9.17, 15) is 18.0 Å². The molecular formula is C15H15ClF3N3O3. The summed E-state index contributed by atoms with van der Waals surface area (Å²) in [5.74, 6) is 0.322. The molecule has 0 spiro atoms. The van der Waals surface area contributed by atoms with E-state index in [2.05, 4.69) is 20.2 Å². The van der Waals surface area contributed by atoms with Crippen LogP contribution in [0.4, 0.5) is 13.2 Å². The van der Waals surface area contributed by atoms with E-state index in [0.29, 0.717) is 10.8 Å². The van der Waals surface area contributed by atoms with Crippen molar-refractivity contribution in [3.05, 3.63) is 35.2 Å². The lowest BCUT2D eigenvalue weighted by molar-refractivity contribution is -0.173. The van der Waals surface area contributed by atoms with Crippen molar-refractivity contribution in [2.24, 2.45) is 0 Å². The zero-order valence-corrected chi connectivity index (χ0v) is 13.7. The number of alkyl halides is 3. The van der Waals surface area contributed by atoms with Gasteiger partial charge in [0.05, 0.1) is 6.61 Å². The van der Waals surface area contributed by atoms with Crippen LogP contribution < -0.4 is 5.32 Å². The third kappa shape index (κ3) is 7.10. The molecule has 0 aliphatic heterocycles. The van der Waals surface area contributed by atoms with Crippen molar-refractivity contribution >= 4 is 17.5 Å². The number of benzene rings is 1. The zero-order valence-electron chi connectivity index (χ0n) is 13.0. The highest BCUT2D eigenvalue weighted by Crippen LogP contribution is 2.19. The summed E-state index contributed by atoms with van der Waals surface area (Å²) in [4.78, 5) is 15.8. The van der Waals surface area contributed by atoms with Gasteiger partial charge in [0.25, 0.3) is 0 Å². The van der Waals surface area contributed by atoms with Gasteiger partial charge < -0.3 is 14.6 Å². The van der Waals surface area contributed by atoms with Gasteiger partial charge >= 0.3 is 6.18 Å². The van der Waals surface area contributed by atoms with Crippen LogP contribution in [-0.4, -0.2) is 42.0 Å². The Hall–Kier alpha value is -2.13. The Morgan fingerprint density at radius 1 is 1.28 bits per heavy atom. The fourth-order valence-electron chi connectivity index (χ4n) is 1.83. The van der Waals surface area contributed by atoms with Crippen LogP contribution in [0.5, 0.6) is 0 Å². The molecule has 0 aliphatic rings. The number of aryl methyl sites for hydroxylation is 1. The number of rotatable bonds is 8. The lowest BCUT2D eigenvalue weighted by Gasteiger charge is -2.08. The van der Waals surface area contributed by atoms with E-state index in [1.54, 1.807) is 24.3 Å². The van der Waals surface area contributed by atoms with E-state index in [4.69, 9.17) is 16.1 Å². The molecule has 1 amide bonds. The summed E-state index contributed by atoms with van der Waals surface area (Å²) in [5, 5.41) is 6.85. The van der Waals surface area contributed by atoms with Crippen molar-refractivity contribution in [2.75, 3.05) is 19.8 Å². The molecule has 0 unspecified atom stereocenters. The molecule has 25 heavy (non-hydrogen) atoms. The summed E-state index contributed by atoms with van der Waals surface area (Å²) in [7, 11) is 0. The van der Waals surface area contributed by atoms with Gasteiger partial charge in [0.2, 0.25) is 17.6 Å². The average molecular weight is 378 g/mol. The van der Waals surface area contributed by atoms with Gasteiger partial charge in [0.1, 0.15) is 6.61 Å². The molecule has 0 fully saturated rings. The van der Waals surface area contributed by atoms with Crippen LogP contribution in [0.2, 0.25) is 5.02 Å². The number of aromatic nitrogens is 2. The molecule has 1 heterocycles. The number of hydrogen-bond donors (Lipinski definition) is 1. The number of ether oxygens (including phenoxy) is 1. The monoisotopic (exact) mass is 377 g/mol. The molecule has 0 bridgehead atoms. The largest absolute Gasteiger partial charge is 0.411 e. The van der Waals surface area contributed by atoms with Crippen molar-refractivity contribution in [3.8, 4) is 11.4 Å². The zero-order chi connectivity index (χ0) is 18.3. The third-order valence-corrected chi connectivity index (χ3v) is 3.22. The number of carbonyl (C=O) groups is 1. The minimum atomic E-state index is -4.37. The first kappa shape index (κ1) is 19.2. The smallest absolute Gasteiger partial charge is 0.370 e. The second kappa shape index (κ2) is 8.82. The number of carbonyl (C=O) groups excluding carboxylic acids is 1. The van der Waals surface area contributed by atoms with Crippen molar-refractivity contribution in [2.45, 2.75) is 19.0 Å². The third-order valence-electron chi connectivity index (χ3n) is 2.97. The Morgan fingerprint density at radius 2 is 2.00 bits per heavy atom. The summed E-state index contributed by atoms with van der Waals surface area (Å²) >= 11 is 5.80. The Labute approximate surface area is 146 Å². The van der Waals surface area contributed by atoms with Gasteiger partial charge in [-0.1, -0.05) is 16.8 Å². The van der Waals surface area contributed by atoms with Crippen molar-refractivity contribution in [1.29, 1.82) is 0 Å². The van der Waals surface area contributed by atoms with Gasteiger partial charge in [-0.25, -0.2) is 0 Å². The van der Waals surface area contributed by atoms with E-state index >= 15 is 0 Å². The first-order chi connectivity index (χ1) is 11.8. The summed E-state index contributed by atoms with van der Waals surface area (Å²) < 4.78 is 45.0. The Balaban J connectivity index is 1.69. The molecule has 1 aromatic carbocycles. The minimum absolute atomic E-state index is 0.00519. The van der Waals surface area contributed by atoms with E-state index in [0.717, 1.165) is 5.56 Å². The van der Waals surface area contributed by atoms with Gasteiger partial charge in [-0.2, -0.15) is 18.2 Å². The summed E-state index contributed by atoms with van der Waals surface area (Å²) in [6.07, 6.45) is -4.08. The van der Waals surface area contributed by atoms with E-state index in [-0.39, 0.29) is 37.8 Å². The van der Waals surface area contributed by atoms with Gasteiger partial charge in [-0.05, 0) is 24.3 Å². The second-order valence-electron chi connectivity index (χ2n) is 5.04. The SMILES string of the molecule is O=C(CCc1nc(-c2ccc(Cl)cc2)no1)NCCOCC(F)(F)F. The molecule has 0 atom stereocenters. The molecule has 2 aromatic rings. The number of amides is 1. The summed E-state index contributed by atoms with van der Waals surface area (Å²) in [5.41, 5.74) is 0.727. The molecule has 0 radical (unpaired) electrons. The topological polar surface area (TPSA) is 77.2 Å². The van der Waals surface area contributed by atoms with E-state index in [1.807, 2.05) is 0 Å². The van der Waals surface area contributed by atoms with Crippen LogP contribution in [0.15, 0.2) is 28.8 Å². The second-order valence-corrected chi connectivity index (χ2v) is 5.47. The average Bonchev–Trinajstić information content (AvgIpc) is 3.01. The Bertz CT molecular complexity index is 689. The number of nitrogens with one attached hydrogen (secondary N) is 1. The molecule has 1 N–H and O–H groups in total. The molecule has 10 heteroatoms. The first-order valence-corrected chi connectivity index (χ1v) is 7.71. The van der Waals surface area contributed by atoms with Crippen LogP contribution in [0.1, 0.15) is 12.3 Å². The summed E-state index contributed by atoms with van der Waals surface area (Å²) in [6.45, 7) is -1.56. The normalized spacial score (nSPS) is 11.5. The summed E-state index contributed by atoms with van der Waals surface area (Å²) in [6, 6.07) is 6.87. The highest BCUT2D eigenvalue weighted by molar-refractivity contribution is 6.30. The molecule has 0 aliphatic carbocycles. The molecule has 136 valence electrons. The maximum atomic E-state index is 11.9. The predicted molar refractivity (Wildman–Crippen MR) is 82.9 cm³/mol. The van der Waals surface area contributed by atoms with Crippen molar-refractivity contribution in [3.63, 3.8) is 0 Å². The van der Waals surface area contributed by atoms with Gasteiger partial charge in [0.15, 0.2) is 0 Å². The van der Waals surface area contributed by atoms with E-state index in [1.165, 1.54) is 0 Å². The Morgan fingerprint density at radius 3 is 2.68 bits per heavy atom.